The lowest BCUT2D eigenvalue weighted by Gasteiger charge is -2.20. The molecule has 27 heavy (non-hydrogen) atoms. The first-order valence-corrected chi connectivity index (χ1v) is 9.10. The number of anilines is 2. The molecule has 1 N–H and O–H groups in total. The molecule has 1 aliphatic heterocycles. The number of methoxy groups -OCH3 is 1. The number of hydrogen-bond acceptors (Lipinski definition) is 4. The minimum absolute atomic E-state index is 0.0752. The van der Waals surface area contributed by atoms with Crippen LogP contribution in [-0.4, -0.2) is 32.1 Å². The van der Waals surface area contributed by atoms with Gasteiger partial charge in [0.2, 0.25) is 11.8 Å². The van der Waals surface area contributed by atoms with Crippen molar-refractivity contribution in [3.63, 3.8) is 0 Å². The fourth-order valence-corrected chi connectivity index (χ4v) is 3.14. The molecule has 6 heteroatoms. The summed E-state index contributed by atoms with van der Waals surface area (Å²) in [4.78, 5) is 26.2. The van der Waals surface area contributed by atoms with Gasteiger partial charge in [0.05, 0.1) is 25.8 Å². The molecule has 2 aromatic rings. The first kappa shape index (κ1) is 18.8. The van der Waals surface area contributed by atoms with E-state index < -0.39 is 0 Å². The van der Waals surface area contributed by atoms with Gasteiger partial charge in [-0.25, -0.2) is 0 Å². The number of carbonyl (C=O) groups is 2. The molecule has 3 rings (SSSR count). The smallest absolute Gasteiger partial charge is 0.228 e. The molecule has 0 unspecified atom stereocenters. The van der Waals surface area contributed by atoms with E-state index in [9.17, 15) is 9.59 Å². The van der Waals surface area contributed by atoms with Crippen LogP contribution in [0.15, 0.2) is 42.5 Å². The zero-order valence-electron chi connectivity index (χ0n) is 15.7. The van der Waals surface area contributed by atoms with Gasteiger partial charge in [0.1, 0.15) is 11.5 Å². The lowest BCUT2D eigenvalue weighted by Crippen LogP contribution is -2.24. The fraction of sp³-hybridized carbons (Fsp3) is 0.333. The molecular weight excluding hydrogens is 344 g/mol. The third-order valence-electron chi connectivity index (χ3n) is 4.43. The molecule has 0 aromatic heterocycles. The normalized spacial score (nSPS) is 13.6. The molecule has 1 heterocycles. The summed E-state index contributed by atoms with van der Waals surface area (Å²) in [5.74, 6) is 1.36. The molecule has 1 fully saturated rings. The van der Waals surface area contributed by atoms with Gasteiger partial charge in [0.15, 0.2) is 0 Å². The van der Waals surface area contributed by atoms with Gasteiger partial charge >= 0.3 is 0 Å². The van der Waals surface area contributed by atoms with Gasteiger partial charge in [0.25, 0.3) is 0 Å². The van der Waals surface area contributed by atoms with E-state index in [0.717, 1.165) is 17.7 Å². The molecular formula is C21H24N2O4. The Hall–Kier alpha value is -3.02. The molecule has 2 aromatic carbocycles. The summed E-state index contributed by atoms with van der Waals surface area (Å²) in [5.41, 5.74) is 2.24. The topological polar surface area (TPSA) is 67.9 Å². The van der Waals surface area contributed by atoms with Gasteiger partial charge in [-0.2, -0.15) is 0 Å². The second kappa shape index (κ2) is 8.58. The van der Waals surface area contributed by atoms with Crippen LogP contribution in [0.5, 0.6) is 11.5 Å². The van der Waals surface area contributed by atoms with E-state index in [0.29, 0.717) is 36.7 Å². The van der Waals surface area contributed by atoms with Gasteiger partial charge in [-0.05, 0) is 49.2 Å². The van der Waals surface area contributed by atoms with Crippen LogP contribution in [-0.2, 0) is 16.0 Å². The molecule has 1 aliphatic rings. The molecule has 0 spiro atoms. The first-order valence-electron chi connectivity index (χ1n) is 9.10. The van der Waals surface area contributed by atoms with Crippen molar-refractivity contribution in [2.24, 2.45) is 0 Å². The number of nitrogens with zero attached hydrogens (tertiary/aromatic N) is 1. The van der Waals surface area contributed by atoms with E-state index in [1.165, 1.54) is 0 Å². The first-order chi connectivity index (χ1) is 13.1. The SMILES string of the molecule is CCOc1ccc(CC(=O)Nc2ccc(OC)c(N3CCCC3=O)c2)cc1. The van der Waals surface area contributed by atoms with E-state index in [4.69, 9.17) is 9.47 Å². The third kappa shape index (κ3) is 4.58. The minimum Gasteiger partial charge on any atom is -0.495 e. The van der Waals surface area contributed by atoms with Crippen molar-refractivity contribution in [2.45, 2.75) is 26.2 Å². The Labute approximate surface area is 159 Å². The highest BCUT2D eigenvalue weighted by Gasteiger charge is 2.24. The van der Waals surface area contributed by atoms with Gasteiger partial charge in [-0.15, -0.1) is 0 Å². The van der Waals surface area contributed by atoms with E-state index >= 15 is 0 Å². The number of benzene rings is 2. The maximum atomic E-state index is 12.4. The largest absolute Gasteiger partial charge is 0.495 e. The Balaban J connectivity index is 1.69. The van der Waals surface area contributed by atoms with Crippen LogP contribution in [0.3, 0.4) is 0 Å². The molecule has 0 saturated carbocycles. The van der Waals surface area contributed by atoms with Gasteiger partial charge in [-0.1, -0.05) is 12.1 Å². The van der Waals surface area contributed by atoms with Crippen molar-refractivity contribution in [3.8, 4) is 11.5 Å². The zero-order valence-corrected chi connectivity index (χ0v) is 15.7. The van der Waals surface area contributed by atoms with Crippen molar-refractivity contribution >= 4 is 23.2 Å². The van der Waals surface area contributed by atoms with Crippen molar-refractivity contribution in [1.29, 1.82) is 0 Å². The molecule has 6 nitrogen and oxygen atoms in total. The summed E-state index contributed by atoms with van der Waals surface area (Å²) < 4.78 is 10.8. The standard InChI is InChI=1S/C21H24N2O4/c1-3-27-17-9-6-15(7-10-17)13-20(24)22-16-8-11-19(26-2)18(14-16)23-12-4-5-21(23)25/h6-11,14H,3-5,12-13H2,1-2H3,(H,22,24). The summed E-state index contributed by atoms with van der Waals surface area (Å²) in [5, 5.41) is 2.90. The summed E-state index contributed by atoms with van der Waals surface area (Å²) in [6.07, 6.45) is 1.63. The highest BCUT2D eigenvalue weighted by molar-refractivity contribution is 5.98. The van der Waals surface area contributed by atoms with Gasteiger partial charge in [-0.3, -0.25) is 9.59 Å². The summed E-state index contributed by atoms with van der Waals surface area (Å²) in [6, 6.07) is 12.8. The highest BCUT2D eigenvalue weighted by atomic mass is 16.5. The monoisotopic (exact) mass is 368 g/mol. The number of rotatable bonds is 7. The van der Waals surface area contributed by atoms with Crippen LogP contribution in [0.1, 0.15) is 25.3 Å². The van der Waals surface area contributed by atoms with Crippen molar-refractivity contribution in [3.05, 3.63) is 48.0 Å². The molecule has 0 radical (unpaired) electrons. The van der Waals surface area contributed by atoms with E-state index in [1.807, 2.05) is 31.2 Å². The van der Waals surface area contributed by atoms with E-state index in [-0.39, 0.29) is 18.2 Å². The van der Waals surface area contributed by atoms with E-state index in [1.54, 1.807) is 30.2 Å². The van der Waals surface area contributed by atoms with Gasteiger partial charge < -0.3 is 19.7 Å². The quantitative estimate of drug-likeness (QED) is 0.813. The average molecular weight is 368 g/mol. The van der Waals surface area contributed by atoms with Crippen LogP contribution in [0, 0.1) is 0 Å². The molecule has 1 saturated heterocycles. The lowest BCUT2D eigenvalue weighted by atomic mass is 10.1. The van der Waals surface area contributed by atoms with Crippen LogP contribution >= 0.6 is 0 Å². The maximum absolute atomic E-state index is 12.4. The number of carbonyl (C=O) groups excluding carboxylic acids is 2. The van der Waals surface area contributed by atoms with Crippen molar-refractivity contribution in [2.75, 3.05) is 30.5 Å². The summed E-state index contributed by atoms with van der Waals surface area (Å²) in [6.45, 7) is 3.21. The fourth-order valence-electron chi connectivity index (χ4n) is 3.14. The highest BCUT2D eigenvalue weighted by Crippen LogP contribution is 2.34. The molecule has 0 atom stereocenters. The zero-order chi connectivity index (χ0) is 19.2. The average Bonchev–Trinajstić information content (AvgIpc) is 3.09. The molecule has 142 valence electrons. The number of amides is 2. The van der Waals surface area contributed by atoms with E-state index in [2.05, 4.69) is 5.32 Å². The molecule has 0 aliphatic carbocycles. The predicted octanol–water partition coefficient (Wildman–Crippen LogP) is 3.40. The lowest BCUT2D eigenvalue weighted by molar-refractivity contribution is -0.117. The Morgan fingerprint density at radius 2 is 1.96 bits per heavy atom. The van der Waals surface area contributed by atoms with Crippen molar-refractivity contribution < 1.29 is 19.1 Å². The third-order valence-corrected chi connectivity index (χ3v) is 4.43. The number of nitrogens with one attached hydrogen (secondary N) is 1. The number of ether oxygens (including phenoxy) is 2. The Morgan fingerprint density at radius 3 is 2.59 bits per heavy atom. The number of hydrogen-bond donors (Lipinski definition) is 1. The van der Waals surface area contributed by atoms with Crippen LogP contribution in [0.25, 0.3) is 0 Å². The van der Waals surface area contributed by atoms with Crippen LogP contribution < -0.4 is 19.7 Å². The summed E-state index contributed by atoms with van der Waals surface area (Å²) >= 11 is 0. The van der Waals surface area contributed by atoms with Crippen LogP contribution in [0.2, 0.25) is 0 Å². The van der Waals surface area contributed by atoms with Gasteiger partial charge in [0, 0.05) is 18.7 Å². The summed E-state index contributed by atoms with van der Waals surface area (Å²) in [7, 11) is 1.57. The molecule has 2 amide bonds. The Bertz CT molecular complexity index is 817. The predicted molar refractivity (Wildman–Crippen MR) is 105 cm³/mol. The molecule has 0 bridgehead atoms. The second-order valence-corrected chi connectivity index (χ2v) is 6.34. The Morgan fingerprint density at radius 1 is 1.19 bits per heavy atom. The van der Waals surface area contributed by atoms with Crippen molar-refractivity contribution in [1.82, 2.24) is 0 Å². The second-order valence-electron chi connectivity index (χ2n) is 6.34. The Kier molecular flexibility index (Phi) is 5.96. The van der Waals surface area contributed by atoms with Crippen LogP contribution in [0.4, 0.5) is 11.4 Å². The maximum Gasteiger partial charge on any atom is 0.228 e. The minimum atomic E-state index is -0.122.